The third kappa shape index (κ3) is 4.91. The molecule has 1 aromatic carbocycles. The predicted molar refractivity (Wildman–Crippen MR) is 99.6 cm³/mol. The molecule has 1 saturated heterocycles. The van der Waals surface area contributed by atoms with Crippen LogP contribution in [0.3, 0.4) is 0 Å². The topological polar surface area (TPSA) is 104 Å². The Morgan fingerprint density at radius 2 is 2.11 bits per heavy atom. The number of tetrazole rings is 1. The fourth-order valence-corrected chi connectivity index (χ4v) is 2.94. The lowest BCUT2D eigenvalue weighted by Crippen LogP contribution is -2.35. The van der Waals surface area contributed by atoms with Crippen LogP contribution in [0, 0.1) is 17.8 Å². The Bertz CT molecular complexity index is 849. The number of carbonyl (C=O) groups excluding carboxylic acids is 2. The number of aromatic nitrogens is 4. The summed E-state index contributed by atoms with van der Waals surface area (Å²) in [5.74, 6) is 6.65. The number of rotatable bonds is 4. The minimum absolute atomic E-state index is 0.0301. The molecule has 27 heavy (non-hydrogen) atoms. The monoisotopic (exact) mass is 366 g/mol. The molecule has 2 heterocycles. The number of amides is 2. The molecule has 2 aromatic rings. The number of nitrogens with zero attached hydrogens (tertiary/aromatic N) is 4. The first-order chi connectivity index (χ1) is 13.0. The first-order valence-electron chi connectivity index (χ1n) is 8.99. The zero-order valence-corrected chi connectivity index (χ0v) is 15.4. The normalized spacial score (nSPS) is 16.1. The number of nitrogens with one attached hydrogen (secondary N) is 2. The van der Waals surface area contributed by atoms with Gasteiger partial charge in [-0.05, 0) is 48.2 Å². The molecule has 2 N–H and O–H groups in total. The highest BCUT2D eigenvalue weighted by molar-refractivity contribution is 6.03. The first kappa shape index (κ1) is 18.6. The molecular formula is C19H22N6O2. The van der Waals surface area contributed by atoms with Crippen LogP contribution in [-0.2, 0) is 4.79 Å². The second kappa shape index (κ2) is 8.45. The standard InChI is InChI=1S/C19H22N6O2/c1-13(2)12-17(26)25-11-3-4-16(25)10-7-14-5-8-15(9-6-14)18(27)20-19-21-23-24-22-19/h5-6,8-9,13,16H,3-4,11-12H2,1-2H3,(H2,20,21,22,23,24,27). The number of hydrogen-bond donors (Lipinski definition) is 2. The Kier molecular flexibility index (Phi) is 5.81. The minimum Gasteiger partial charge on any atom is -0.329 e. The van der Waals surface area contributed by atoms with Crippen molar-refractivity contribution in [3.05, 3.63) is 35.4 Å². The molecule has 0 bridgehead atoms. The van der Waals surface area contributed by atoms with E-state index in [4.69, 9.17) is 0 Å². The zero-order valence-electron chi connectivity index (χ0n) is 15.4. The van der Waals surface area contributed by atoms with E-state index in [1.54, 1.807) is 24.3 Å². The lowest BCUT2D eigenvalue weighted by Gasteiger charge is -2.21. The van der Waals surface area contributed by atoms with Crippen molar-refractivity contribution >= 4 is 17.8 Å². The van der Waals surface area contributed by atoms with Gasteiger partial charge in [-0.2, -0.15) is 5.21 Å². The molecule has 0 aliphatic carbocycles. The third-order valence-electron chi connectivity index (χ3n) is 4.26. The summed E-state index contributed by atoms with van der Waals surface area (Å²) < 4.78 is 0. The third-order valence-corrected chi connectivity index (χ3v) is 4.26. The molecule has 1 unspecified atom stereocenters. The van der Waals surface area contributed by atoms with E-state index >= 15 is 0 Å². The van der Waals surface area contributed by atoms with Crippen molar-refractivity contribution in [3.63, 3.8) is 0 Å². The molecule has 1 aromatic heterocycles. The van der Waals surface area contributed by atoms with Crippen LogP contribution in [0.25, 0.3) is 0 Å². The number of anilines is 1. The second-order valence-corrected chi connectivity index (χ2v) is 6.88. The maximum atomic E-state index is 12.3. The highest BCUT2D eigenvalue weighted by Crippen LogP contribution is 2.19. The van der Waals surface area contributed by atoms with Gasteiger partial charge in [-0.25, -0.2) is 0 Å². The minimum atomic E-state index is -0.322. The zero-order chi connectivity index (χ0) is 19.2. The largest absolute Gasteiger partial charge is 0.329 e. The number of carbonyl (C=O) groups is 2. The predicted octanol–water partition coefficient (Wildman–Crippen LogP) is 1.84. The maximum absolute atomic E-state index is 12.3. The van der Waals surface area contributed by atoms with Gasteiger partial charge < -0.3 is 4.90 Å². The second-order valence-electron chi connectivity index (χ2n) is 6.88. The number of hydrogen-bond acceptors (Lipinski definition) is 5. The molecule has 1 atom stereocenters. The molecule has 8 nitrogen and oxygen atoms in total. The summed E-state index contributed by atoms with van der Waals surface area (Å²) >= 11 is 0. The number of H-pyrrole nitrogens is 1. The van der Waals surface area contributed by atoms with Crippen molar-refractivity contribution in [1.29, 1.82) is 0 Å². The number of aromatic amines is 1. The first-order valence-corrected chi connectivity index (χ1v) is 8.99. The van der Waals surface area contributed by atoms with E-state index in [1.807, 2.05) is 18.7 Å². The van der Waals surface area contributed by atoms with Crippen molar-refractivity contribution < 1.29 is 9.59 Å². The summed E-state index contributed by atoms with van der Waals surface area (Å²) in [4.78, 5) is 26.3. The van der Waals surface area contributed by atoms with Gasteiger partial charge in [0, 0.05) is 24.1 Å². The summed E-state index contributed by atoms with van der Waals surface area (Å²) in [6, 6.07) is 6.92. The van der Waals surface area contributed by atoms with Crippen LogP contribution in [0.5, 0.6) is 0 Å². The Labute approximate surface area is 157 Å². The Morgan fingerprint density at radius 1 is 1.33 bits per heavy atom. The molecule has 0 radical (unpaired) electrons. The Hall–Kier alpha value is -3.21. The van der Waals surface area contributed by atoms with Crippen molar-refractivity contribution in [1.82, 2.24) is 25.5 Å². The van der Waals surface area contributed by atoms with Crippen molar-refractivity contribution in [2.24, 2.45) is 5.92 Å². The molecule has 0 spiro atoms. The van der Waals surface area contributed by atoms with Crippen LogP contribution < -0.4 is 5.32 Å². The van der Waals surface area contributed by atoms with E-state index in [2.05, 4.69) is 37.8 Å². The van der Waals surface area contributed by atoms with Gasteiger partial charge in [0.25, 0.3) is 11.9 Å². The van der Waals surface area contributed by atoms with Gasteiger partial charge in [-0.15, -0.1) is 5.10 Å². The highest BCUT2D eigenvalue weighted by atomic mass is 16.2. The molecule has 2 amide bonds. The quantitative estimate of drug-likeness (QED) is 0.804. The lowest BCUT2D eigenvalue weighted by atomic mass is 10.1. The maximum Gasteiger partial charge on any atom is 0.270 e. The van der Waals surface area contributed by atoms with E-state index in [9.17, 15) is 9.59 Å². The van der Waals surface area contributed by atoms with Gasteiger partial charge in [0.05, 0.1) is 6.04 Å². The van der Waals surface area contributed by atoms with Gasteiger partial charge in [0.2, 0.25) is 5.91 Å². The number of benzene rings is 1. The van der Waals surface area contributed by atoms with Crippen molar-refractivity contribution in [3.8, 4) is 11.8 Å². The van der Waals surface area contributed by atoms with Gasteiger partial charge in [-0.1, -0.05) is 30.8 Å². The molecule has 1 aliphatic heterocycles. The van der Waals surface area contributed by atoms with Gasteiger partial charge in [-0.3, -0.25) is 14.9 Å². The lowest BCUT2D eigenvalue weighted by molar-refractivity contribution is -0.131. The summed E-state index contributed by atoms with van der Waals surface area (Å²) in [6.45, 7) is 4.87. The van der Waals surface area contributed by atoms with E-state index in [-0.39, 0.29) is 23.8 Å². The summed E-state index contributed by atoms with van der Waals surface area (Å²) in [6.07, 6.45) is 2.45. The molecule has 140 valence electrons. The summed E-state index contributed by atoms with van der Waals surface area (Å²) in [5.41, 5.74) is 1.27. The fourth-order valence-electron chi connectivity index (χ4n) is 2.94. The Morgan fingerprint density at radius 3 is 2.78 bits per heavy atom. The fraction of sp³-hybridized carbons (Fsp3) is 0.421. The molecule has 8 heteroatoms. The van der Waals surface area contributed by atoms with Crippen LogP contribution in [0.2, 0.25) is 0 Å². The van der Waals surface area contributed by atoms with Crippen LogP contribution in [0.15, 0.2) is 24.3 Å². The van der Waals surface area contributed by atoms with Crippen LogP contribution >= 0.6 is 0 Å². The smallest absolute Gasteiger partial charge is 0.270 e. The Balaban J connectivity index is 1.63. The number of likely N-dealkylation sites (tertiary alicyclic amines) is 1. The summed E-state index contributed by atoms with van der Waals surface area (Å²) in [5, 5.41) is 15.5. The summed E-state index contributed by atoms with van der Waals surface area (Å²) in [7, 11) is 0. The van der Waals surface area contributed by atoms with Gasteiger partial charge >= 0.3 is 0 Å². The van der Waals surface area contributed by atoms with E-state index in [1.165, 1.54) is 0 Å². The molecular weight excluding hydrogens is 344 g/mol. The SMILES string of the molecule is CC(C)CC(=O)N1CCCC1C#Cc1ccc(C(=O)Nc2nn[nH]n2)cc1. The van der Waals surface area contributed by atoms with Crippen LogP contribution in [0.1, 0.15) is 49.0 Å². The van der Waals surface area contributed by atoms with Crippen LogP contribution in [0.4, 0.5) is 5.95 Å². The molecule has 0 saturated carbocycles. The van der Waals surface area contributed by atoms with Gasteiger partial charge in [0.1, 0.15) is 0 Å². The average Bonchev–Trinajstić information content (AvgIpc) is 3.31. The molecule has 3 rings (SSSR count). The van der Waals surface area contributed by atoms with E-state index in [0.717, 1.165) is 24.9 Å². The van der Waals surface area contributed by atoms with E-state index < -0.39 is 0 Å². The van der Waals surface area contributed by atoms with E-state index in [0.29, 0.717) is 17.9 Å². The van der Waals surface area contributed by atoms with Crippen molar-refractivity contribution in [2.45, 2.75) is 39.2 Å². The average molecular weight is 366 g/mol. The van der Waals surface area contributed by atoms with Gasteiger partial charge in [0.15, 0.2) is 0 Å². The van der Waals surface area contributed by atoms with Crippen molar-refractivity contribution in [2.75, 3.05) is 11.9 Å². The van der Waals surface area contributed by atoms with Crippen LogP contribution in [-0.4, -0.2) is 49.9 Å². The molecule has 1 aliphatic rings. The molecule has 1 fully saturated rings. The highest BCUT2D eigenvalue weighted by Gasteiger charge is 2.27.